The number of urea groups is 1. The van der Waals surface area contributed by atoms with Gasteiger partial charge in [0.25, 0.3) is 0 Å². The van der Waals surface area contributed by atoms with Crippen LogP contribution in [0.2, 0.25) is 0 Å². The topological polar surface area (TPSA) is 87.9 Å². The van der Waals surface area contributed by atoms with E-state index in [2.05, 4.69) is 4.98 Å². The minimum Gasteiger partial charge on any atom is -0.485 e. The standard InChI is InChI=1S/C24H30N4O4/c1-5-28(6-2)24(31)26(3)15-21(29)17-10-9-11-18(14-17)32-16-22(30)23-25-19-12-7-8-13-20(19)27(23)4/h7-14,21,29H,5-6,15-16H2,1-4H3/t21-/m0/s1. The number of carbonyl (C=O) groups is 2. The van der Waals surface area contributed by atoms with E-state index in [-0.39, 0.29) is 25.0 Å². The van der Waals surface area contributed by atoms with Crippen molar-refractivity contribution in [2.24, 2.45) is 7.05 Å². The van der Waals surface area contributed by atoms with Crippen LogP contribution in [-0.4, -0.2) is 69.6 Å². The Kier molecular flexibility index (Phi) is 7.48. The van der Waals surface area contributed by atoms with Gasteiger partial charge in [-0.3, -0.25) is 4.79 Å². The Morgan fingerprint density at radius 1 is 1.12 bits per heavy atom. The number of rotatable bonds is 9. The van der Waals surface area contributed by atoms with Crippen LogP contribution >= 0.6 is 0 Å². The van der Waals surface area contributed by atoms with Gasteiger partial charge in [-0.1, -0.05) is 24.3 Å². The maximum absolute atomic E-state index is 12.7. The van der Waals surface area contributed by atoms with Crippen molar-refractivity contribution in [1.29, 1.82) is 0 Å². The first-order chi connectivity index (χ1) is 15.3. The molecular formula is C24H30N4O4. The number of Topliss-reactive ketones (excluding diaryl/α,β-unsaturated/α-hetero) is 1. The average Bonchev–Trinajstić information content (AvgIpc) is 3.15. The number of aryl methyl sites for hydroxylation is 1. The Morgan fingerprint density at radius 3 is 2.53 bits per heavy atom. The van der Waals surface area contributed by atoms with Gasteiger partial charge in [0.2, 0.25) is 5.78 Å². The molecule has 0 radical (unpaired) electrons. The molecule has 170 valence electrons. The van der Waals surface area contributed by atoms with E-state index in [4.69, 9.17) is 4.74 Å². The molecule has 0 spiro atoms. The molecular weight excluding hydrogens is 408 g/mol. The summed E-state index contributed by atoms with van der Waals surface area (Å²) in [4.78, 5) is 32.7. The molecule has 3 rings (SSSR count). The van der Waals surface area contributed by atoms with Crippen molar-refractivity contribution < 1.29 is 19.4 Å². The molecule has 0 fully saturated rings. The van der Waals surface area contributed by atoms with Crippen molar-refractivity contribution >= 4 is 22.8 Å². The smallest absolute Gasteiger partial charge is 0.319 e. The van der Waals surface area contributed by atoms with Crippen LogP contribution in [0.25, 0.3) is 11.0 Å². The van der Waals surface area contributed by atoms with Crippen LogP contribution in [-0.2, 0) is 7.05 Å². The van der Waals surface area contributed by atoms with Gasteiger partial charge < -0.3 is 24.2 Å². The summed E-state index contributed by atoms with van der Waals surface area (Å²) in [5, 5.41) is 10.6. The van der Waals surface area contributed by atoms with Gasteiger partial charge in [0.1, 0.15) is 5.75 Å². The number of aliphatic hydroxyl groups is 1. The van der Waals surface area contributed by atoms with E-state index in [1.165, 1.54) is 4.90 Å². The van der Waals surface area contributed by atoms with Crippen molar-refractivity contribution in [2.45, 2.75) is 20.0 Å². The molecule has 2 amide bonds. The normalized spacial score (nSPS) is 11.9. The SMILES string of the molecule is CCN(CC)C(=O)N(C)C[C@H](O)c1cccc(OCC(=O)c2nc3ccccc3n2C)c1. The molecule has 0 unspecified atom stereocenters. The number of fused-ring (bicyclic) bond motifs is 1. The zero-order chi connectivity index (χ0) is 23.3. The third-order valence-electron chi connectivity index (χ3n) is 5.46. The lowest BCUT2D eigenvalue weighted by molar-refractivity contribution is 0.0907. The Balaban J connectivity index is 1.63. The minimum atomic E-state index is -0.876. The van der Waals surface area contributed by atoms with Crippen molar-refractivity contribution in [2.75, 3.05) is 33.3 Å². The molecule has 2 aromatic carbocycles. The second kappa shape index (κ2) is 10.3. The van der Waals surface area contributed by atoms with Gasteiger partial charge in [0, 0.05) is 27.2 Å². The lowest BCUT2D eigenvalue weighted by atomic mass is 10.1. The molecule has 1 aromatic heterocycles. The third kappa shape index (κ3) is 5.08. The predicted molar refractivity (Wildman–Crippen MR) is 123 cm³/mol. The van der Waals surface area contributed by atoms with E-state index in [9.17, 15) is 14.7 Å². The number of ether oxygens (including phenoxy) is 1. The summed E-state index contributed by atoms with van der Waals surface area (Å²) in [6.45, 7) is 5.04. The first-order valence-electron chi connectivity index (χ1n) is 10.7. The highest BCUT2D eigenvalue weighted by molar-refractivity contribution is 5.97. The summed E-state index contributed by atoms with van der Waals surface area (Å²) in [7, 11) is 3.47. The molecule has 0 aliphatic heterocycles. The fraction of sp³-hybridized carbons (Fsp3) is 0.375. The number of likely N-dealkylation sites (N-methyl/N-ethyl adjacent to an activating group) is 1. The van der Waals surface area contributed by atoms with Gasteiger partial charge >= 0.3 is 6.03 Å². The van der Waals surface area contributed by atoms with Gasteiger partial charge in [-0.25, -0.2) is 9.78 Å². The lowest BCUT2D eigenvalue weighted by Gasteiger charge is -2.27. The zero-order valence-corrected chi connectivity index (χ0v) is 19.0. The van der Waals surface area contributed by atoms with Gasteiger partial charge in [-0.05, 0) is 43.7 Å². The highest BCUT2D eigenvalue weighted by Gasteiger charge is 2.20. The third-order valence-corrected chi connectivity index (χ3v) is 5.46. The fourth-order valence-electron chi connectivity index (χ4n) is 3.60. The molecule has 1 N–H and O–H groups in total. The summed E-state index contributed by atoms with van der Waals surface area (Å²) in [5.74, 6) is 0.560. The molecule has 1 heterocycles. The summed E-state index contributed by atoms with van der Waals surface area (Å²) in [6, 6.07) is 14.3. The number of aromatic nitrogens is 2. The van der Waals surface area contributed by atoms with E-state index < -0.39 is 6.10 Å². The number of ketones is 1. The summed E-state index contributed by atoms with van der Waals surface area (Å²) in [6.07, 6.45) is -0.876. The van der Waals surface area contributed by atoms with Gasteiger partial charge in [-0.2, -0.15) is 0 Å². The molecule has 0 bridgehead atoms. The van der Waals surface area contributed by atoms with Crippen LogP contribution in [0.3, 0.4) is 0 Å². The molecule has 1 atom stereocenters. The van der Waals surface area contributed by atoms with Crippen molar-refractivity contribution in [1.82, 2.24) is 19.4 Å². The van der Waals surface area contributed by atoms with E-state index in [0.29, 0.717) is 30.2 Å². The highest BCUT2D eigenvalue weighted by Crippen LogP contribution is 2.21. The molecule has 8 nitrogen and oxygen atoms in total. The van der Waals surface area contributed by atoms with E-state index in [1.807, 2.05) is 38.1 Å². The second-order valence-corrected chi connectivity index (χ2v) is 7.62. The Labute approximate surface area is 188 Å². The summed E-state index contributed by atoms with van der Waals surface area (Å²) < 4.78 is 7.44. The number of hydrogen-bond acceptors (Lipinski definition) is 5. The zero-order valence-electron chi connectivity index (χ0n) is 19.0. The minimum absolute atomic E-state index is 0.130. The van der Waals surface area contributed by atoms with Crippen LogP contribution < -0.4 is 4.74 Å². The number of nitrogens with zero attached hydrogens (tertiary/aromatic N) is 4. The van der Waals surface area contributed by atoms with Crippen LogP contribution in [0.5, 0.6) is 5.75 Å². The highest BCUT2D eigenvalue weighted by atomic mass is 16.5. The van der Waals surface area contributed by atoms with Crippen LogP contribution in [0.4, 0.5) is 4.79 Å². The van der Waals surface area contributed by atoms with Crippen molar-refractivity contribution in [3.8, 4) is 5.75 Å². The van der Waals surface area contributed by atoms with Gasteiger partial charge in [0.05, 0.1) is 23.7 Å². The van der Waals surface area contributed by atoms with Crippen LogP contribution in [0, 0.1) is 0 Å². The molecule has 0 saturated heterocycles. The molecule has 0 aliphatic carbocycles. The van der Waals surface area contributed by atoms with E-state index in [0.717, 1.165) is 11.0 Å². The molecule has 0 aliphatic rings. The number of imidazole rings is 1. The molecule has 3 aromatic rings. The first kappa shape index (κ1) is 23.3. The molecule has 8 heteroatoms. The number of benzene rings is 2. The second-order valence-electron chi connectivity index (χ2n) is 7.62. The van der Waals surface area contributed by atoms with Crippen molar-refractivity contribution in [3.05, 3.63) is 59.9 Å². The quantitative estimate of drug-likeness (QED) is 0.518. The molecule has 0 saturated carbocycles. The Hall–Kier alpha value is -3.39. The Morgan fingerprint density at radius 2 is 1.84 bits per heavy atom. The number of aliphatic hydroxyl groups excluding tert-OH is 1. The summed E-state index contributed by atoms with van der Waals surface area (Å²) >= 11 is 0. The van der Waals surface area contributed by atoms with Gasteiger partial charge in [-0.15, -0.1) is 0 Å². The van der Waals surface area contributed by atoms with Crippen LogP contribution in [0.15, 0.2) is 48.5 Å². The number of para-hydroxylation sites is 2. The fourth-order valence-corrected chi connectivity index (χ4v) is 3.60. The first-order valence-corrected chi connectivity index (χ1v) is 10.7. The number of hydrogen-bond donors (Lipinski definition) is 1. The van der Waals surface area contributed by atoms with E-state index in [1.54, 1.807) is 47.8 Å². The summed E-state index contributed by atoms with van der Waals surface area (Å²) in [5.41, 5.74) is 2.24. The van der Waals surface area contributed by atoms with Crippen LogP contribution in [0.1, 0.15) is 36.1 Å². The van der Waals surface area contributed by atoms with E-state index >= 15 is 0 Å². The maximum Gasteiger partial charge on any atom is 0.319 e. The largest absolute Gasteiger partial charge is 0.485 e. The lowest BCUT2D eigenvalue weighted by Crippen LogP contribution is -2.42. The van der Waals surface area contributed by atoms with Gasteiger partial charge in [0.15, 0.2) is 12.4 Å². The number of amides is 2. The Bertz CT molecular complexity index is 1090. The average molecular weight is 439 g/mol. The molecule has 32 heavy (non-hydrogen) atoms. The predicted octanol–water partition coefficient (Wildman–Crippen LogP) is 3.26. The maximum atomic E-state index is 12.7. The number of carbonyl (C=O) groups excluding carboxylic acids is 2. The van der Waals surface area contributed by atoms with Crippen molar-refractivity contribution in [3.63, 3.8) is 0 Å². The monoisotopic (exact) mass is 438 g/mol.